The number of benzene rings is 9. The summed E-state index contributed by atoms with van der Waals surface area (Å²) in [6, 6.07) is 70.8. The molecule has 0 unspecified atom stereocenters. The Morgan fingerprint density at radius 1 is 0.514 bits per heavy atom. The summed E-state index contributed by atoms with van der Waals surface area (Å²) in [5.74, 6) is 1.96. The van der Waals surface area contributed by atoms with Gasteiger partial charge in [0.2, 0.25) is 0 Å². The molecule has 0 radical (unpaired) electrons. The molecule has 0 aliphatic carbocycles. The summed E-state index contributed by atoms with van der Waals surface area (Å²) in [4.78, 5) is 4.88. The third-order valence-electron chi connectivity index (χ3n) is 14.3. The molecular weight excluding hydrogens is 1070 g/mol. The predicted molar refractivity (Wildman–Crippen MR) is 283 cm³/mol. The molecule has 1 aliphatic rings. The Morgan fingerprint density at radius 2 is 1.19 bits per heavy atom. The number of ether oxygens (including phenoxy) is 1. The van der Waals surface area contributed by atoms with Gasteiger partial charge < -0.3 is 22.7 Å². The number of fused-ring (bicyclic) bond motifs is 17. The second kappa shape index (κ2) is 15.7. The van der Waals surface area contributed by atoms with Crippen LogP contribution >= 0.6 is 0 Å². The van der Waals surface area contributed by atoms with Gasteiger partial charge in [0.05, 0.1) is 16.7 Å². The molecule has 0 saturated carbocycles. The zero-order valence-electron chi connectivity index (χ0n) is 39.2. The number of hydrogen-bond acceptors (Lipinski definition) is 4. The van der Waals surface area contributed by atoms with Crippen LogP contribution in [0.3, 0.4) is 0 Å². The molecular formula is C64H40N4O3Pt-2. The van der Waals surface area contributed by atoms with Crippen LogP contribution in [0.5, 0.6) is 11.5 Å². The number of aromatic nitrogens is 4. The van der Waals surface area contributed by atoms with E-state index in [9.17, 15) is 0 Å². The summed E-state index contributed by atoms with van der Waals surface area (Å²) >= 11 is 0. The molecule has 14 aromatic rings. The molecule has 7 nitrogen and oxygen atoms in total. The van der Waals surface area contributed by atoms with E-state index in [1.807, 2.05) is 48.7 Å². The van der Waals surface area contributed by atoms with Gasteiger partial charge in [0.1, 0.15) is 28.1 Å². The summed E-state index contributed by atoms with van der Waals surface area (Å²) in [5, 5.41) is 6.36. The van der Waals surface area contributed by atoms with E-state index >= 15 is 0 Å². The SMILES string of the molecule is CC(C)(C)c1ccnc(-n2c3[c-]c(Oc4[c-]c(-n5[c-][n+]6c7c(cccc75)-c5ccccc5-c5cc7oc8ccccc8c7cc5-c5ccc7oc8ccccc8c7c5-6)ccc4)ccc3c3ccccc32)c1.[Pt]. The fourth-order valence-corrected chi connectivity index (χ4v) is 11.1. The van der Waals surface area contributed by atoms with Gasteiger partial charge in [0.25, 0.3) is 6.33 Å². The van der Waals surface area contributed by atoms with Gasteiger partial charge in [-0.25, -0.2) is 4.98 Å². The van der Waals surface area contributed by atoms with Crippen molar-refractivity contribution >= 4 is 76.7 Å². The number of hydrogen-bond donors (Lipinski definition) is 0. The maximum Gasteiger partial charge on any atom is 0.268 e. The molecule has 5 aromatic heterocycles. The summed E-state index contributed by atoms with van der Waals surface area (Å²) in [6.07, 6.45) is 5.81. The average molecular weight is 1110 g/mol. The molecule has 6 heterocycles. The van der Waals surface area contributed by atoms with Gasteiger partial charge in [-0.15, -0.1) is 29.7 Å². The first-order valence-corrected chi connectivity index (χ1v) is 23.9. The van der Waals surface area contributed by atoms with Crippen molar-refractivity contribution in [2.75, 3.05) is 0 Å². The molecule has 8 heteroatoms. The van der Waals surface area contributed by atoms with Crippen LogP contribution in [-0.4, -0.2) is 14.1 Å². The molecule has 9 aromatic carbocycles. The molecule has 72 heavy (non-hydrogen) atoms. The van der Waals surface area contributed by atoms with Gasteiger partial charge >= 0.3 is 0 Å². The maximum atomic E-state index is 6.75. The Kier molecular flexibility index (Phi) is 9.27. The summed E-state index contributed by atoms with van der Waals surface area (Å²) in [5.41, 5.74) is 16.6. The Labute approximate surface area is 428 Å². The first-order valence-electron chi connectivity index (χ1n) is 23.9. The van der Waals surface area contributed by atoms with Crippen LogP contribution in [0.4, 0.5) is 0 Å². The van der Waals surface area contributed by atoms with Gasteiger partial charge in [-0.1, -0.05) is 129 Å². The topological polar surface area (TPSA) is 62.1 Å². The Hall–Kier alpha value is -8.51. The smallest absolute Gasteiger partial charge is 0.268 e. The van der Waals surface area contributed by atoms with Crippen molar-refractivity contribution in [3.8, 4) is 62.1 Å². The van der Waals surface area contributed by atoms with Crippen LogP contribution in [0.2, 0.25) is 0 Å². The molecule has 346 valence electrons. The largest absolute Gasteiger partial charge is 0.510 e. The van der Waals surface area contributed by atoms with E-state index in [1.165, 1.54) is 5.56 Å². The summed E-state index contributed by atoms with van der Waals surface area (Å²) in [7, 11) is 0. The molecule has 1 aliphatic heterocycles. The Bertz CT molecular complexity index is 4560. The number of nitrogens with zero attached hydrogens (tertiary/aromatic N) is 4. The van der Waals surface area contributed by atoms with Crippen molar-refractivity contribution in [3.05, 3.63) is 212 Å². The summed E-state index contributed by atoms with van der Waals surface area (Å²) < 4.78 is 26.5. The van der Waals surface area contributed by atoms with E-state index < -0.39 is 0 Å². The number of furan rings is 2. The van der Waals surface area contributed by atoms with Crippen molar-refractivity contribution in [2.24, 2.45) is 0 Å². The Morgan fingerprint density at radius 3 is 2.04 bits per heavy atom. The molecule has 0 N–H and O–H groups in total. The quantitative estimate of drug-likeness (QED) is 0.130. The number of para-hydroxylation sites is 4. The Balaban J connectivity index is 0.00000482. The van der Waals surface area contributed by atoms with Crippen LogP contribution in [-0.2, 0) is 26.5 Å². The molecule has 0 atom stereocenters. The van der Waals surface area contributed by atoms with E-state index in [-0.39, 0.29) is 26.5 Å². The monoisotopic (exact) mass is 1110 g/mol. The summed E-state index contributed by atoms with van der Waals surface area (Å²) in [6.45, 7) is 6.67. The maximum absolute atomic E-state index is 6.75. The third kappa shape index (κ3) is 6.27. The van der Waals surface area contributed by atoms with E-state index in [1.54, 1.807) is 0 Å². The van der Waals surface area contributed by atoms with Crippen LogP contribution < -0.4 is 9.30 Å². The third-order valence-corrected chi connectivity index (χ3v) is 14.3. The minimum Gasteiger partial charge on any atom is -0.510 e. The second-order valence-corrected chi connectivity index (χ2v) is 19.5. The van der Waals surface area contributed by atoms with Crippen LogP contribution in [0.25, 0.3) is 127 Å². The van der Waals surface area contributed by atoms with Crippen LogP contribution in [0.1, 0.15) is 26.3 Å². The first kappa shape index (κ1) is 42.4. The van der Waals surface area contributed by atoms with Gasteiger partial charge in [-0.05, 0) is 104 Å². The van der Waals surface area contributed by atoms with Crippen molar-refractivity contribution in [2.45, 2.75) is 26.2 Å². The number of imidazole rings is 1. The number of rotatable bonds is 4. The zero-order chi connectivity index (χ0) is 47.1. The van der Waals surface area contributed by atoms with Crippen molar-refractivity contribution < 1.29 is 39.2 Å². The minimum atomic E-state index is -0.0450. The standard InChI is InChI=1S/C64H40N4O3.Pt/c1-64(2,3)38-30-31-65-60(32-38)68-53-22-9-6-18-44(53)45-27-26-41(34-55(45)68)69-40-15-12-14-39(33-40)66-37-67-62-47(21-13-23-54(62)66)42-16-4-5-17-43(42)51-36-59-52(46-19-7-10-24-56(46)71-59)35-50(51)48-28-29-58-61(63(48)67)49-20-8-11-25-57(49)70-58;/h4-32,35-36H,1-3H3;/q-2;. The second-order valence-electron chi connectivity index (χ2n) is 19.5. The van der Waals surface area contributed by atoms with Crippen molar-refractivity contribution in [1.29, 1.82) is 0 Å². The van der Waals surface area contributed by atoms with Crippen LogP contribution in [0, 0.1) is 18.5 Å². The molecule has 0 bridgehead atoms. The molecule has 0 saturated heterocycles. The molecule has 0 fully saturated rings. The van der Waals surface area contributed by atoms with E-state index in [2.05, 4.69) is 192 Å². The van der Waals surface area contributed by atoms with Crippen molar-refractivity contribution in [3.63, 3.8) is 0 Å². The normalized spacial score (nSPS) is 12.3. The molecule has 15 rings (SSSR count). The first-order chi connectivity index (χ1) is 34.8. The fourth-order valence-electron chi connectivity index (χ4n) is 11.1. The fraction of sp³-hybridized carbons (Fsp3) is 0.0625. The number of pyridine rings is 1. The molecule has 0 spiro atoms. The molecule has 0 amide bonds. The van der Waals surface area contributed by atoms with Gasteiger partial charge in [0.15, 0.2) is 0 Å². The van der Waals surface area contributed by atoms with Gasteiger partial charge in [0, 0.05) is 65.8 Å². The van der Waals surface area contributed by atoms with Gasteiger partial charge in [-0.2, -0.15) is 18.2 Å². The van der Waals surface area contributed by atoms with E-state index in [4.69, 9.17) is 18.6 Å². The zero-order valence-corrected chi connectivity index (χ0v) is 41.5. The van der Waals surface area contributed by atoms with E-state index in [0.717, 1.165) is 127 Å². The van der Waals surface area contributed by atoms with Gasteiger partial charge in [-0.3, -0.25) is 4.57 Å². The predicted octanol–water partition coefficient (Wildman–Crippen LogP) is 16.0. The minimum absolute atomic E-state index is 0. The van der Waals surface area contributed by atoms with E-state index in [0.29, 0.717) is 11.5 Å². The van der Waals surface area contributed by atoms with Crippen molar-refractivity contribution in [1.82, 2.24) is 14.1 Å². The van der Waals surface area contributed by atoms with Crippen LogP contribution in [0.15, 0.2) is 197 Å². The average Bonchev–Trinajstić information content (AvgIpc) is 4.17.